The van der Waals surface area contributed by atoms with E-state index in [0.717, 1.165) is 0 Å². The SMILES string of the molecule is COC(=O)/C(=C/c1ccc(-c2cccc([N+](=O)[O-])c2)o1)C(C)=O. The van der Waals surface area contributed by atoms with Gasteiger partial charge < -0.3 is 9.15 Å². The maximum atomic E-state index is 11.5. The van der Waals surface area contributed by atoms with Crippen LogP contribution in [0, 0.1) is 10.1 Å². The monoisotopic (exact) mass is 315 g/mol. The average Bonchev–Trinajstić information content (AvgIpc) is 3.00. The summed E-state index contributed by atoms with van der Waals surface area (Å²) in [6, 6.07) is 9.10. The molecule has 1 heterocycles. The van der Waals surface area contributed by atoms with E-state index in [2.05, 4.69) is 4.74 Å². The second kappa shape index (κ2) is 6.69. The summed E-state index contributed by atoms with van der Waals surface area (Å²) in [5.41, 5.74) is 0.309. The molecule has 0 N–H and O–H groups in total. The van der Waals surface area contributed by atoms with Gasteiger partial charge in [-0.15, -0.1) is 0 Å². The molecule has 1 aromatic heterocycles. The van der Waals surface area contributed by atoms with Gasteiger partial charge in [0.25, 0.3) is 5.69 Å². The Morgan fingerprint density at radius 1 is 1.26 bits per heavy atom. The normalized spacial score (nSPS) is 11.1. The molecule has 118 valence electrons. The third kappa shape index (κ3) is 3.70. The van der Waals surface area contributed by atoms with E-state index in [-0.39, 0.29) is 17.0 Å². The minimum atomic E-state index is -0.759. The van der Waals surface area contributed by atoms with Crippen LogP contribution in [0.2, 0.25) is 0 Å². The number of ether oxygens (including phenoxy) is 1. The molecule has 0 saturated carbocycles. The van der Waals surface area contributed by atoms with Crippen molar-refractivity contribution >= 4 is 23.5 Å². The predicted molar refractivity (Wildman–Crippen MR) is 81.5 cm³/mol. The number of benzene rings is 1. The highest BCUT2D eigenvalue weighted by atomic mass is 16.6. The fourth-order valence-electron chi connectivity index (χ4n) is 1.91. The minimum absolute atomic E-state index is 0.0602. The van der Waals surface area contributed by atoms with Crippen molar-refractivity contribution in [2.24, 2.45) is 0 Å². The van der Waals surface area contributed by atoms with Crippen molar-refractivity contribution in [2.75, 3.05) is 7.11 Å². The lowest BCUT2D eigenvalue weighted by Gasteiger charge is -2.00. The lowest BCUT2D eigenvalue weighted by Crippen LogP contribution is -2.11. The second-order valence-corrected chi connectivity index (χ2v) is 4.62. The Hall–Kier alpha value is -3.22. The molecule has 23 heavy (non-hydrogen) atoms. The topological polar surface area (TPSA) is 99.7 Å². The average molecular weight is 315 g/mol. The number of hydrogen-bond acceptors (Lipinski definition) is 6. The second-order valence-electron chi connectivity index (χ2n) is 4.62. The van der Waals surface area contributed by atoms with Crippen LogP contribution in [0.25, 0.3) is 17.4 Å². The van der Waals surface area contributed by atoms with Crippen molar-refractivity contribution < 1.29 is 23.7 Å². The first-order chi connectivity index (χ1) is 10.9. The number of hydrogen-bond donors (Lipinski definition) is 0. The van der Waals surface area contributed by atoms with E-state index < -0.39 is 16.7 Å². The van der Waals surface area contributed by atoms with Gasteiger partial charge in [-0.3, -0.25) is 14.9 Å². The van der Waals surface area contributed by atoms with Gasteiger partial charge in [0, 0.05) is 17.7 Å². The molecule has 0 aliphatic heterocycles. The van der Waals surface area contributed by atoms with E-state index in [0.29, 0.717) is 11.3 Å². The number of esters is 1. The molecule has 0 atom stereocenters. The molecule has 0 amide bonds. The van der Waals surface area contributed by atoms with Gasteiger partial charge in [-0.1, -0.05) is 12.1 Å². The molecule has 0 unspecified atom stereocenters. The number of Topliss-reactive ketones (excluding diaryl/α,β-unsaturated/α-hetero) is 1. The van der Waals surface area contributed by atoms with Crippen LogP contribution in [0.3, 0.4) is 0 Å². The number of rotatable bonds is 5. The standard InChI is InChI=1S/C16H13NO6/c1-10(18)14(16(19)22-2)9-13-6-7-15(23-13)11-4-3-5-12(8-11)17(20)21/h3-9H,1-2H3/b14-9+. The molecule has 1 aromatic carbocycles. The number of carbonyl (C=O) groups excluding carboxylic acids is 2. The van der Waals surface area contributed by atoms with E-state index in [1.54, 1.807) is 24.3 Å². The first-order valence-corrected chi connectivity index (χ1v) is 6.58. The van der Waals surface area contributed by atoms with Crippen LogP contribution in [-0.2, 0) is 14.3 Å². The zero-order valence-corrected chi connectivity index (χ0v) is 12.4. The number of furan rings is 1. The Morgan fingerprint density at radius 2 is 2.00 bits per heavy atom. The van der Waals surface area contributed by atoms with Crippen molar-refractivity contribution in [3.05, 3.63) is 57.8 Å². The van der Waals surface area contributed by atoms with Gasteiger partial charge in [-0.05, 0) is 25.1 Å². The number of ketones is 1. The van der Waals surface area contributed by atoms with Crippen LogP contribution in [0.4, 0.5) is 5.69 Å². The van der Waals surface area contributed by atoms with Gasteiger partial charge in [-0.2, -0.15) is 0 Å². The summed E-state index contributed by atoms with van der Waals surface area (Å²) in [4.78, 5) is 33.3. The highest BCUT2D eigenvalue weighted by molar-refractivity contribution is 6.19. The molecular formula is C16H13NO6. The van der Waals surface area contributed by atoms with Crippen LogP contribution in [0.1, 0.15) is 12.7 Å². The number of nitro groups is 1. The molecule has 0 bridgehead atoms. The fraction of sp³-hybridized carbons (Fsp3) is 0.125. The molecule has 0 aliphatic carbocycles. The van der Waals surface area contributed by atoms with Crippen LogP contribution < -0.4 is 0 Å². The Bertz CT molecular complexity index is 802. The predicted octanol–water partition coefficient (Wildman–Crippen LogP) is 3.00. The fourth-order valence-corrected chi connectivity index (χ4v) is 1.91. The van der Waals surface area contributed by atoms with Gasteiger partial charge in [0.1, 0.15) is 17.1 Å². The maximum Gasteiger partial charge on any atom is 0.341 e. The highest BCUT2D eigenvalue weighted by Gasteiger charge is 2.16. The molecule has 2 aromatic rings. The molecule has 0 fully saturated rings. The van der Waals surface area contributed by atoms with Crippen LogP contribution in [0.5, 0.6) is 0 Å². The number of non-ortho nitro benzene ring substituents is 1. The van der Waals surface area contributed by atoms with Crippen molar-refractivity contribution in [3.63, 3.8) is 0 Å². The minimum Gasteiger partial charge on any atom is -0.465 e. The van der Waals surface area contributed by atoms with Gasteiger partial charge >= 0.3 is 5.97 Å². The zero-order valence-electron chi connectivity index (χ0n) is 12.4. The summed E-state index contributed by atoms with van der Waals surface area (Å²) in [5.74, 6) is -0.564. The quantitative estimate of drug-likeness (QED) is 0.210. The highest BCUT2D eigenvalue weighted by Crippen LogP contribution is 2.26. The summed E-state index contributed by atoms with van der Waals surface area (Å²) in [6.45, 7) is 1.24. The summed E-state index contributed by atoms with van der Waals surface area (Å²) in [7, 11) is 1.18. The molecule has 0 spiro atoms. The van der Waals surface area contributed by atoms with E-state index in [9.17, 15) is 19.7 Å². The third-order valence-corrected chi connectivity index (χ3v) is 3.04. The lowest BCUT2D eigenvalue weighted by molar-refractivity contribution is -0.384. The first kappa shape index (κ1) is 16.2. The number of nitrogens with zero attached hydrogens (tertiary/aromatic N) is 1. The third-order valence-electron chi connectivity index (χ3n) is 3.04. The van der Waals surface area contributed by atoms with E-state index in [4.69, 9.17) is 4.42 Å². The van der Waals surface area contributed by atoms with Crippen LogP contribution >= 0.6 is 0 Å². The smallest absolute Gasteiger partial charge is 0.341 e. The van der Waals surface area contributed by atoms with E-state index >= 15 is 0 Å². The Labute approximate surface area is 131 Å². The number of carbonyl (C=O) groups is 2. The Morgan fingerprint density at radius 3 is 2.61 bits per heavy atom. The molecule has 2 rings (SSSR count). The van der Waals surface area contributed by atoms with Gasteiger partial charge in [0.2, 0.25) is 0 Å². The molecule has 7 heteroatoms. The van der Waals surface area contributed by atoms with Crippen LogP contribution in [-0.4, -0.2) is 23.8 Å². The summed E-state index contributed by atoms with van der Waals surface area (Å²) in [5, 5.41) is 10.8. The molecule has 0 saturated heterocycles. The summed E-state index contributed by atoms with van der Waals surface area (Å²) in [6.07, 6.45) is 1.27. The molecule has 0 radical (unpaired) electrons. The Kier molecular flexibility index (Phi) is 4.70. The number of methoxy groups -OCH3 is 1. The van der Waals surface area contributed by atoms with Gasteiger partial charge in [-0.25, -0.2) is 4.79 Å². The van der Waals surface area contributed by atoms with Crippen LogP contribution in [0.15, 0.2) is 46.4 Å². The molecule has 0 aliphatic rings. The first-order valence-electron chi connectivity index (χ1n) is 6.58. The summed E-state index contributed by atoms with van der Waals surface area (Å²) >= 11 is 0. The van der Waals surface area contributed by atoms with Gasteiger partial charge in [0.15, 0.2) is 5.78 Å². The van der Waals surface area contributed by atoms with Crippen molar-refractivity contribution in [2.45, 2.75) is 6.92 Å². The van der Waals surface area contributed by atoms with Gasteiger partial charge in [0.05, 0.1) is 12.0 Å². The van der Waals surface area contributed by atoms with E-state index in [1.165, 1.54) is 32.2 Å². The molecule has 7 nitrogen and oxygen atoms in total. The maximum absolute atomic E-state index is 11.5. The van der Waals surface area contributed by atoms with Crippen molar-refractivity contribution in [1.82, 2.24) is 0 Å². The van der Waals surface area contributed by atoms with Crippen molar-refractivity contribution in [1.29, 1.82) is 0 Å². The lowest BCUT2D eigenvalue weighted by atomic mass is 10.1. The molecular weight excluding hydrogens is 302 g/mol. The Balaban J connectivity index is 2.37. The zero-order chi connectivity index (χ0) is 17.0. The van der Waals surface area contributed by atoms with Crippen molar-refractivity contribution in [3.8, 4) is 11.3 Å². The number of nitro benzene ring substituents is 1. The largest absolute Gasteiger partial charge is 0.465 e. The van der Waals surface area contributed by atoms with E-state index in [1.807, 2.05) is 0 Å². The summed E-state index contributed by atoms with van der Waals surface area (Å²) < 4.78 is 10.1.